The zero-order valence-corrected chi connectivity index (χ0v) is 10.2. The first-order valence-corrected chi connectivity index (χ1v) is 5.42. The topological polar surface area (TPSA) is 38.3 Å². The SMILES string of the molecule is COC(=O)C[C@@H](Cc1cc(F)c(F)cc1F)NCl. The van der Waals surface area contributed by atoms with Gasteiger partial charge in [0, 0.05) is 12.1 Å². The first kappa shape index (κ1) is 14.8. The van der Waals surface area contributed by atoms with Crippen LogP contribution < -0.4 is 4.84 Å². The predicted octanol–water partition coefficient (Wildman–Crippen LogP) is 2.32. The second kappa shape index (κ2) is 6.61. The van der Waals surface area contributed by atoms with Crippen molar-refractivity contribution < 1.29 is 22.7 Å². The Labute approximate surface area is 107 Å². The molecule has 1 atom stereocenters. The molecule has 1 aromatic carbocycles. The molecule has 18 heavy (non-hydrogen) atoms. The molecule has 0 aromatic heterocycles. The number of ether oxygens (including phenoxy) is 1. The third-order valence-corrected chi connectivity index (χ3v) is 2.66. The third kappa shape index (κ3) is 3.89. The molecule has 0 aliphatic rings. The van der Waals surface area contributed by atoms with Crippen molar-refractivity contribution in [2.45, 2.75) is 18.9 Å². The summed E-state index contributed by atoms with van der Waals surface area (Å²) < 4.78 is 43.4. The largest absolute Gasteiger partial charge is 0.469 e. The summed E-state index contributed by atoms with van der Waals surface area (Å²) in [5.74, 6) is -3.86. The molecule has 0 unspecified atom stereocenters. The number of rotatable bonds is 5. The van der Waals surface area contributed by atoms with Gasteiger partial charge in [-0.3, -0.25) is 4.79 Å². The molecule has 0 aliphatic heterocycles. The monoisotopic (exact) mass is 281 g/mol. The Morgan fingerprint density at radius 2 is 1.94 bits per heavy atom. The Kier molecular flexibility index (Phi) is 5.43. The summed E-state index contributed by atoms with van der Waals surface area (Å²) in [6.45, 7) is 0. The molecule has 0 saturated heterocycles. The van der Waals surface area contributed by atoms with Crippen molar-refractivity contribution in [3.63, 3.8) is 0 Å². The highest BCUT2D eigenvalue weighted by Gasteiger charge is 2.17. The molecule has 0 fully saturated rings. The highest BCUT2D eigenvalue weighted by atomic mass is 35.5. The minimum absolute atomic E-state index is 0.0678. The van der Waals surface area contributed by atoms with Gasteiger partial charge >= 0.3 is 5.97 Å². The van der Waals surface area contributed by atoms with E-state index in [0.717, 1.165) is 6.07 Å². The van der Waals surface area contributed by atoms with Gasteiger partial charge in [0.15, 0.2) is 11.6 Å². The lowest BCUT2D eigenvalue weighted by Gasteiger charge is -2.14. The molecule has 0 radical (unpaired) electrons. The summed E-state index contributed by atoms with van der Waals surface area (Å²) in [6.07, 6.45) is -0.180. The average molecular weight is 282 g/mol. The molecule has 100 valence electrons. The van der Waals surface area contributed by atoms with Gasteiger partial charge in [-0.2, -0.15) is 0 Å². The Morgan fingerprint density at radius 1 is 1.33 bits per heavy atom. The Bertz CT molecular complexity index is 443. The fourth-order valence-electron chi connectivity index (χ4n) is 1.42. The number of halogens is 4. The molecule has 1 rings (SSSR count). The molecule has 0 saturated carbocycles. The molecule has 7 heteroatoms. The summed E-state index contributed by atoms with van der Waals surface area (Å²) in [7, 11) is 1.20. The van der Waals surface area contributed by atoms with Crippen LogP contribution in [0.5, 0.6) is 0 Å². The first-order valence-electron chi connectivity index (χ1n) is 5.04. The minimum atomic E-state index is -1.26. The summed E-state index contributed by atoms with van der Waals surface area (Å²) in [6, 6.07) is 0.551. The predicted molar refractivity (Wildman–Crippen MR) is 59.4 cm³/mol. The summed E-state index contributed by atoms with van der Waals surface area (Å²) in [5.41, 5.74) is -0.0732. The van der Waals surface area contributed by atoms with E-state index in [4.69, 9.17) is 11.8 Å². The van der Waals surface area contributed by atoms with Crippen molar-refractivity contribution in [2.24, 2.45) is 0 Å². The van der Waals surface area contributed by atoms with Gasteiger partial charge in [-0.25, -0.2) is 18.0 Å². The van der Waals surface area contributed by atoms with E-state index in [-0.39, 0.29) is 18.4 Å². The van der Waals surface area contributed by atoms with Gasteiger partial charge in [-0.05, 0) is 29.8 Å². The lowest BCUT2D eigenvalue weighted by atomic mass is 10.0. The molecular weight excluding hydrogens is 271 g/mol. The molecule has 0 spiro atoms. The lowest BCUT2D eigenvalue weighted by molar-refractivity contribution is -0.141. The molecule has 0 bridgehead atoms. The first-order chi connectivity index (χ1) is 8.47. The van der Waals surface area contributed by atoms with Crippen molar-refractivity contribution in [1.29, 1.82) is 0 Å². The molecule has 0 amide bonds. The van der Waals surface area contributed by atoms with Gasteiger partial charge in [0.2, 0.25) is 0 Å². The zero-order valence-electron chi connectivity index (χ0n) is 9.47. The number of benzene rings is 1. The average Bonchev–Trinajstić information content (AvgIpc) is 2.34. The fourth-order valence-corrected chi connectivity index (χ4v) is 1.57. The van der Waals surface area contributed by atoms with Crippen LogP contribution in [-0.2, 0) is 16.0 Å². The molecule has 1 aromatic rings. The van der Waals surface area contributed by atoms with E-state index in [1.807, 2.05) is 0 Å². The maximum Gasteiger partial charge on any atom is 0.307 e. The van der Waals surface area contributed by atoms with E-state index in [2.05, 4.69) is 9.57 Å². The summed E-state index contributed by atoms with van der Waals surface area (Å²) >= 11 is 5.39. The van der Waals surface area contributed by atoms with Gasteiger partial charge in [-0.1, -0.05) is 0 Å². The third-order valence-electron chi connectivity index (χ3n) is 2.35. The quantitative estimate of drug-likeness (QED) is 0.511. The van der Waals surface area contributed by atoms with Crippen molar-refractivity contribution in [2.75, 3.05) is 7.11 Å². The molecule has 0 heterocycles. The van der Waals surface area contributed by atoms with Crippen LogP contribution in [0.15, 0.2) is 12.1 Å². The van der Waals surface area contributed by atoms with Crippen molar-refractivity contribution >= 4 is 17.7 Å². The van der Waals surface area contributed by atoms with Crippen LogP contribution in [0.1, 0.15) is 12.0 Å². The summed E-state index contributed by atoms with van der Waals surface area (Å²) in [5, 5.41) is 0. The van der Waals surface area contributed by atoms with Gasteiger partial charge in [0.1, 0.15) is 5.82 Å². The zero-order chi connectivity index (χ0) is 13.7. The van der Waals surface area contributed by atoms with Crippen LogP contribution in [0.25, 0.3) is 0 Å². The number of carbonyl (C=O) groups is 1. The smallest absolute Gasteiger partial charge is 0.307 e. The van der Waals surface area contributed by atoms with Crippen LogP contribution in [0.4, 0.5) is 13.2 Å². The van der Waals surface area contributed by atoms with Gasteiger partial charge in [0.25, 0.3) is 0 Å². The van der Waals surface area contributed by atoms with E-state index < -0.39 is 29.5 Å². The Hall–Kier alpha value is -1.27. The molecule has 3 nitrogen and oxygen atoms in total. The second-order valence-electron chi connectivity index (χ2n) is 3.65. The van der Waals surface area contributed by atoms with Crippen LogP contribution in [0, 0.1) is 17.5 Å². The highest BCUT2D eigenvalue weighted by molar-refractivity contribution is 6.13. The summed E-state index contributed by atoms with van der Waals surface area (Å²) in [4.78, 5) is 13.3. The maximum absolute atomic E-state index is 13.4. The number of hydrogen-bond acceptors (Lipinski definition) is 3. The van der Waals surface area contributed by atoms with Gasteiger partial charge in [0.05, 0.1) is 13.5 Å². The van der Waals surface area contributed by atoms with Crippen LogP contribution in [0.2, 0.25) is 0 Å². The van der Waals surface area contributed by atoms with E-state index >= 15 is 0 Å². The minimum Gasteiger partial charge on any atom is -0.469 e. The van der Waals surface area contributed by atoms with Gasteiger partial charge in [-0.15, -0.1) is 0 Å². The fraction of sp³-hybridized carbons (Fsp3) is 0.364. The van der Waals surface area contributed by atoms with E-state index in [9.17, 15) is 18.0 Å². The molecule has 1 N–H and O–H groups in total. The Morgan fingerprint density at radius 3 is 2.50 bits per heavy atom. The Balaban J connectivity index is 2.81. The van der Waals surface area contributed by atoms with Crippen LogP contribution in [-0.4, -0.2) is 19.1 Å². The van der Waals surface area contributed by atoms with Gasteiger partial charge < -0.3 is 4.74 Å². The standard InChI is InChI=1S/C11H11ClF3NO2/c1-18-11(17)4-7(16-12)2-6-3-9(14)10(15)5-8(6)13/h3,5,7,16H,2,4H2,1H3/t7-/m1/s1. The number of nitrogens with one attached hydrogen (secondary N) is 1. The second-order valence-corrected chi connectivity index (χ2v) is 3.87. The number of carbonyl (C=O) groups excluding carboxylic acids is 1. The lowest BCUT2D eigenvalue weighted by Crippen LogP contribution is -2.27. The normalized spacial score (nSPS) is 12.3. The van der Waals surface area contributed by atoms with Crippen molar-refractivity contribution in [1.82, 2.24) is 4.84 Å². The number of methoxy groups -OCH3 is 1. The maximum atomic E-state index is 13.4. The number of hydrogen-bond donors (Lipinski definition) is 1. The number of esters is 1. The van der Waals surface area contributed by atoms with Crippen molar-refractivity contribution in [3.8, 4) is 0 Å². The van der Waals surface area contributed by atoms with Crippen LogP contribution in [0.3, 0.4) is 0 Å². The van der Waals surface area contributed by atoms with E-state index in [0.29, 0.717) is 6.07 Å². The highest BCUT2D eigenvalue weighted by Crippen LogP contribution is 2.16. The van der Waals surface area contributed by atoms with Crippen LogP contribution >= 0.6 is 11.8 Å². The molecular formula is C11H11ClF3NO2. The van der Waals surface area contributed by atoms with E-state index in [1.54, 1.807) is 0 Å². The van der Waals surface area contributed by atoms with E-state index in [1.165, 1.54) is 7.11 Å². The van der Waals surface area contributed by atoms with Crippen molar-refractivity contribution in [3.05, 3.63) is 35.1 Å². The molecule has 0 aliphatic carbocycles.